The summed E-state index contributed by atoms with van der Waals surface area (Å²) < 4.78 is 6.78. The van der Waals surface area contributed by atoms with Crippen molar-refractivity contribution in [3.8, 4) is 5.88 Å². The van der Waals surface area contributed by atoms with Crippen LogP contribution in [0, 0.1) is 6.92 Å². The average Bonchev–Trinajstić information content (AvgIpc) is 2.43. The standard InChI is InChI=1S/C8H9ClN4O/c1-4-10-6-5(7(11-4)14-3)12-8(9)13(6)2/h1-3H3. The normalized spacial score (nSPS) is 10.9. The number of fused-ring (bicyclic) bond motifs is 1. The minimum absolute atomic E-state index is 0.373. The second kappa shape index (κ2) is 3.09. The molecule has 0 atom stereocenters. The van der Waals surface area contributed by atoms with E-state index in [4.69, 9.17) is 16.3 Å². The maximum atomic E-state index is 5.86. The van der Waals surface area contributed by atoms with Gasteiger partial charge in [0.2, 0.25) is 11.2 Å². The number of hydrogen-bond acceptors (Lipinski definition) is 4. The highest BCUT2D eigenvalue weighted by molar-refractivity contribution is 6.29. The van der Waals surface area contributed by atoms with E-state index >= 15 is 0 Å². The molecule has 2 aromatic rings. The molecule has 0 radical (unpaired) electrons. The highest BCUT2D eigenvalue weighted by atomic mass is 35.5. The van der Waals surface area contributed by atoms with Crippen LogP contribution in [0.4, 0.5) is 0 Å². The second-order valence-electron chi connectivity index (χ2n) is 2.89. The van der Waals surface area contributed by atoms with Crippen LogP contribution < -0.4 is 4.74 Å². The minimum Gasteiger partial charge on any atom is -0.479 e. The smallest absolute Gasteiger partial charge is 0.245 e. The Bertz CT molecular complexity index is 494. The first kappa shape index (κ1) is 9.21. The van der Waals surface area contributed by atoms with E-state index in [1.807, 2.05) is 0 Å². The van der Waals surface area contributed by atoms with E-state index in [1.165, 1.54) is 0 Å². The number of aromatic nitrogens is 4. The van der Waals surface area contributed by atoms with Crippen molar-refractivity contribution in [3.05, 3.63) is 11.1 Å². The Labute approximate surface area is 85.7 Å². The van der Waals surface area contributed by atoms with E-state index in [0.717, 1.165) is 0 Å². The van der Waals surface area contributed by atoms with Gasteiger partial charge in [0.05, 0.1) is 7.11 Å². The number of imidazole rings is 1. The lowest BCUT2D eigenvalue weighted by Gasteiger charge is -2.00. The van der Waals surface area contributed by atoms with E-state index in [9.17, 15) is 0 Å². The van der Waals surface area contributed by atoms with Gasteiger partial charge in [-0.05, 0) is 18.5 Å². The summed E-state index contributed by atoms with van der Waals surface area (Å²) >= 11 is 5.86. The number of hydrogen-bond donors (Lipinski definition) is 0. The zero-order valence-corrected chi connectivity index (χ0v) is 8.83. The minimum atomic E-state index is 0.373. The lowest BCUT2D eigenvalue weighted by molar-refractivity contribution is 0.400. The van der Waals surface area contributed by atoms with Gasteiger partial charge in [-0.15, -0.1) is 0 Å². The number of nitrogens with zero attached hydrogens (tertiary/aromatic N) is 4. The summed E-state index contributed by atoms with van der Waals surface area (Å²) in [7, 11) is 3.34. The van der Waals surface area contributed by atoms with Crippen molar-refractivity contribution >= 4 is 22.8 Å². The molecule has 0 saturated carbocycles. The summed E-state index contributed by atoms with van der Waals surface area (Å²) in [5.74, 6) is 1.09. The highest BCUT2D eigenvalue weighted by Crippen LogP contribution is 2.23. The van der Waals surface area contributed by atoms with Crippen molar-refractivity contribution in [3.63, 3.8) is 0 Å². The summed E-state index contributed by atoms with van der Waals surface area (Å²) in [4.78, 5) is 12.4. The summed E-state index contributed by atoms with van der Waals surface area (Å²) in [6, 6.07) is 0. The van der Waals surface area contributed by atoms with Gasteiger partial charge in [-0.3, -0.25) is 0 Å². The van der Waals surface area contributed by atoms with Gasteiger partial charge in [0, 0.05) is 7.05 Å². The molecule has 2 aromatic heterocycles. The molecule has 0 aliphatic carbocycles. The van der Waals surface area contributed by atoms with Crippen LogP contribution in [-0.4, -0.2) is 26.6 Å². The Morgan fingerprint density at radius 1 is 1.29 bits per heavy atom. The monoisotopic (exact) mass is 212 g/mol. The zero-order chi connectivity index (χ0) is 10.3. The molecule has 0 bridgehead atoms. The third kappa shape index (κ3) is 1.21. The fourth-order valence-electron chi connectivity index (χ4n) is 1.26. The maximum absolute atomic E-state index is 5.86. The van der Waals surface area contributed by atoms with Gasteiger partial charge in [-0.25, -0.2) is 9.97 Å². The molecule has 0 aliphatic rings. The van der Waals surface area contributed by atoms with Gasteiger partial charge in [0.15, 0.2) is 11.2 Å². The molecule has 0 amide bonds. The molecule has 2 rings (SSSR count). The van der Waals surface area contributed by atoms with Crippen molar-refractivity contribution in [1.82, 2.24) is 19.5 Å². The van der Waals surface area contributed by atoms with Crippen molar-refractivity contribution in [2.75, 3.05) is 7.11 Å². The van der Waals surface area contributed by atoms with E-state index < -0.39 is 0 Å². The van der Waals surface area contributed by atoms with E-state index in [2.05, 4.69) is 15.0 Å². The molecule has 0 aromatic carbocycles. The fourth-order valence-corrected chi connectivity index (χ4v) is 1.42. The average molecular weight is 213 g/mol. The third-order valence-corrected chi connectivity index (χ3v) is 2.28. The Balaban J connectivity index is 2.87. The largest absolute Gasteiger partial charge is 0.479 e. The molecular formula is C8H9ClN4O. The van der Waals surface area contributed by atoms with Crippen molar-refractivity contribution < 1.29 is 4.74 Å². The molecule has 0 spiro atoms. The van der Waals surface area contributed by atoms with Crippen LogP contribution >= 0.6 is 11.6 Å². The quantitative estimate of drug-likeness (QED) is 0.670. The van der Waals surface area contributed by atoms with Gasteiger partial charge in [-0.1, -0.05) is 0 Å². The van der Waals surface area contributed by atoms with Gasteiger partial charge < -0.3 is 9.30 Å². The molecule has 74 valence electrons. The molecular weight excluding hydrogens is 204 g/mol. The molecule has 6 heteroatoms. The van der Waals surface area contributed by atoms with Crippen LogP contribution in [0.25, 0.3) is 11.2 Å². The van der Waals surface area contributed by atoms with Crippen LogP contribution in [0.5, 0.6) is 5.88 Å². The zero-order valence-electron chi connectivity index (χ0n) is 8.08. The van der Waals surface area contributed by atoms with Gasteiger partial charge in [0.1, 0.15) is 5.82 Å². The summed E-state index contributed by atoms with van der Waals surface area (Å²) in [6.07, 6.45) is 0. The van der Waals surface area contributed by atoms with E-state index in [-0.39, 0.29) is 0 Å². The predicted molar refractivity (Wildman–Crippen MR) is 52.6 cm³/mol. The Morgan fingerprint density at radius 3 is 2.64 bits per heavy atom. The Morgan fingerprint density at radius 2 is 2.00 bits per heavy atom. The SMILES string of the molecule is COc1nc(C)nc2c1nc(Cl)n2C. The lowest BCUT2D eigenvalue weighted by atomic mass is 10.5. The molecule has 0 aliphatic heterocycles. The molecule has 0 N–H and O–H groups in total. The number of rotatable bonds is 1. The molecule has 0 fully saturated rings. The van der Waals surface area contributed by atoms with E-state index in [0.29, 0.717) is 28.2 Å². The molecule has 0 saturated heterocycles. The van der Waals surface area contributed by atoms with Crippen LogP contribution in [0.2, 0.25) is 5.28 Å². The van der Waals surface area contributed by atoms with Crippen LogP contribution in [0.15, 0.2) is 0 Å². The van der Waals surface area contributed by atoms with E-state index in [1.54, 1.807) is 25.6 Å². The summed E-state index contributed by atoms with van der Waals surface area (Å²) in [6.45, 7) is 1.79. The van der Waals surface area contributed by atoms with Crippen LogP contribution in [-0.2, 0) is 7.05 Å². The first-order chi connectivity index (χ1) is 6.63. The number of methoxy groups -OCH3 is 1. The second-order valence-corrected chi connectivity index (χ2v) is 3.23. The first-order valence-corrected chi connectivity index (χ1v) is 4.42. The third-order valence-electron chi connectivity index (χ3n) is 1.94. The Kier molecular flexibility index (Phi) is 2.03. The highest BCUT2D eigenvalue weighted by Gasteiger charge is 2.13. The van der Waals surface area contributed by atoms with Gasteiger partial charge >= 0.3 is 0 Å². The first-order valence-electron chi connectivity index (χ1n) is 4.04. The lowest BCUT2D eigenvalue weighted by Crippen LogP contribution is -1.97. The summed E-state index contributed by atoms with van der Waals surface area (Å²) in [5.41, 5.74) is 1.27. The Hall–Kier alpha value is -1.36. The van der Waals surface area contributed by atoms with Crippen molar-refractivity contribution in [1.29, 1.82) is 0 Å². The van der Waals surface area contributed by atoms with Crippen LogP contribution in [0.3, 0.4) is 0 Å². The molecule has 0 unspecified atom stereocenters. The van der Waals surface area contributed by atoms with Crippen molar-refractivity contribution in [2.24, 2.45) is 7.05 Å². The summed E-state index contributed by atoms with van der Waals surface area (Å²) in [5, 5.41) is 0.373. The predicted octanol–water partition coefficient (Wildman–Crippen LogP) is 1.33. The molecule has 5 nitrogen and oxygen atoms in total. The van der Waals surface area contributed by atoms with Gasteiger partial charge in [0.25, 0.3) is 0 Å². The maximum Gasteiger partial charge on any atom is 0.245 e. The molecule has 2 heterocycles. The van der Waals surface area contributed by atoms with Gasteiger partial charge in [-0.2, -0.15) is 4.98 Å². The molecule has 14 heavy (non-hydrogen) atoms. The number of ether oxygens (including phenoxy) is 1. The fraction of sp³-hybridized carbons (Fsp3) is 0.375. The van der Waals surface area contributed by atoms with Crippen molar-refractivity contribution in [2.45, 2.75) is 6.92 Å². The number of halogens is 1. The number of aryl methyl sites for hydroxylation is 2. The van der Waals surface area contributed by atoms with Crippen LogP contribution in [0.1, 0.15) is 5.82 Å². The topological polar surface area (TPSA) is 52.8 Å².